The highest BCUT2D eigenvalue weighted by Gasteiger charge is 2.33. The number of aliphatic hydroxyl groups excluding tert-OH is 2. The van der Waals surface area contributed by atoms with Gasteiger partial charge in [0, 0.05) is 45.7 Å². The molecule has 4 aromatic carbocycles. The van der Waals surface area contributed by atoms with Gasteiger partial charge in [-0.2, -0.15) is 0 Å². The second-order valence-corrected chi connectivity index (χ2v) is 22.2. The average Bonchev–Trinajstić information content (AvgIpc) is 1.65. The first kappa shape index (κ1) is 81.8. The molecule has 7 atom stereocenters. The number of carboxylic acids is 1. The topological polar surface area (TPSA) is 366 Å². The number of benzene rings is 4. The van der Waals surface area contributed by atoms with Crippen molar-refractivity contribution in [3.05, 3.63) is 155 Å². The maximum absolute atomic E-state index is 12.1. The average molecular weight is 1430 g/mol. The number of amides is 7. The third-order valence-corrected chi connectivity index (χ3v) is 13.4. The van der Waals surface area contributed by atoms with E-state index >= 15 is 0 Å². The number of aliphatic carboxylic acids is 1. The molecule has 0 aliphatic heterocycles. The number of nitrogens with one attached hydrogen (secondary N) is 6. The molecule has 3 aliphatic carbocycles. The standard InChI is InChI=1S/C17H24N2O4.C15H22N2O4.C13H17NO4.C13H17NO3.C9H18N2O2.C4H5N.CH3Cl.CH4/c1-2-6-14(15(20)16(21)18-13-9-10-13)19-17(22)23-11-12-7-4-3-5-8-12;1-4-8-13(14(18)17(2)20-3)16-15(19)21-11-12-9-6-5-7-10-12;1-2-6-11(12(15)16)14-13(17)18-9-10-7-4-3-5-8-10;1-2-6-12(9-15)14-13(16)17-10-11-7-4-3-5-8-11;1-2-3-7(10)8(12)9(13)11-6-4-5-6;1-5-4-2-3-4;1-2;/h3-5,7-8,13-15,20H,2,6,9-11H2,1H3,(H,18,21)(H,19,22);5-7,9-10,13H,4,8,11H2,1-3H3,(H,16,19);3-5,7-8,11H,2,6,9H2,1H3,(H,14,17)(H,15,16);3-5,7-9,12H,2,6,10H2,1H3,(H,14,16);6-8,12H,2-5,10H2,1H3,(H,11,13);4H,2-3H2;1H3;1H4/t14-,15?;13-;11-;12-;7-,8?;;;/m00000.../s1/i14D;13D;11D;12D;7D;;;. The molecule has 3 fully saturated rings. The molecule has 7 amide bonds. The van der Waals surface area contributed by atoms with E-state index in [0.29, 0.717) is 50.9 Å². The van der Waals surface area contributed by atoms with Gasteiger partial charge in [0.1, 0.15) is 50.9 Å². The molecule has 0 saturated heterocycles. The third kappa shape index (κ3) is 44.2. The quantitative estimate of drug-likeness (QED) is 0.00714. The Hall–Kier alpha value is -8.87. The van der Waals surface area contributed by atoms with E-state index < -0.39 is 90.4 Å². The normalized spacial score (nSPS) is 16.4. The molecule has 0 aromatic heterocycles. The monoisotopic (exact) mass is 1420 g/mol. The molecule has 0 bridgehead atoms. The molecule has 0 heterocycles. The van der Waals surface area contributed by atoms with Gasteiger partial charge in [0.25, 0.3) is 17.7 Å². The summed E-state index contributed by atoms with van der Waals surface area (Å²) in [4.78, 5) is 112. The summed E-state index contributed by atoms with van der Waals surface area (Å²) in [6.45, 7) is 15.7. The van der Waals surface area contributed by atoms with Crippen molar-refractivity contribution in [2.45, 2.75) is 232 Å². The Bertz CT molecular complexity index is 3230. The van der Waals surface area contributed by atoms with Crippen LogP contribution in [-0.4, -0.2) is 156 Å². The number of halogens is 1. The first-order chi connectivity index (χ1) is 49.3. The van der Waals surface area contributed by atoms with Crippen molar-refractivity contribution in [1.82, 2.24) is 37.0 Å². The maximum Gasteiger partial charge on any atom is 0.408 e. The van der Waals surface area contributed by atoms with Gasteiger partial charge in [-0.25, -0.2) is 35.6 Å². The molecule has 100 heavy (non-hydrogen) atoms. The fraction of sp³-hybridized carbons (Fsp3) is 0.534. The Morgan fingerprint density at radius 3 is 1.21 bits per heavy atom. The van der Waals surface area contributed by atoms with Crippen LogP contribution in [0.25, 0.3) is 4.85 Å². The van der Waals surface area contributed by atoms with Gasteiger partial charge in [-0.3, -0.25) is 19.2 Å². The molecule has 26 nitrogen and oxygen atoms in total. The Kier molecular flexibility index (Phi) is 45.8. The number of hydrogen-bond donors (Lipinski definition) is 10. The zero-order valence-corrected chi connectivity index (χ0v) is 58.8. The van der Waals surface area contributed by atoms with Gasteiger partial charge in [-0.05, 0) is 80.0 Å². The van der Waals surface area contributed by atoms with E-state index in [1.54, 1.807) is 31.2 Å². The van der Waals surface area contributed by atoms with Crippen molar-refractivity contribution in [2.24, 2.45) is 5.73 Å². The first-order valence-corrected chi connectivity index (χ1v) is 33.6. The van der Waals surface area contributed by atoms with Crippen LogP contribution in [0.15, 0.2) is 121 Å². The number of carboxylic acid groups (broad SMARTS) is 1. The third-order valence-electron chi connectivity index (χ3n) is 13.4. The predicted octanol–water partition coefficient (Wildman–Crippen LogP) is 10.6. The van der Waals surface area contributed by atoms with E-state index in [1.165, 1.54) is 20.5 Å². The lowest BCUT2D eigenvalue weighted by Gasteiger charge is -2.23. The van der Waals surface area contributed by atoms with Gasteiger partial charge in [0.15, 0.2) is 6.10 Å². The highest BCUT2D eigenvalue weighted by molar-refractivity contribution is 6.15. The molecule has 11 N–H and O–H groups in total. The molecular weight excluding hydrogens is 1310 g/mol. The summed E-state index contributed by atoms with van der Waals surface area (Å²) < 4.78 is 59.4. The number of aliphatic hydroxyl groups is 2. The molecule has 4 aromatic rings. The van der Waals surface area contributed by atoms with E-state index in [1.807, 2.05) is 125 Å². The van der Waals surface area contributed by atoms with E-state index in [-0.39, 0.29) is 71.6 Å². The SMILES string of the molecule is C.CCl.[2H][C@@](C=O)(CCC)NC(=O)OCc1ccccc1.[2H][C@@](CCC)(NC(=O)OCc1ccccc1)C(=O)N(C)OC.[2H][C@@](CCC)(NC(=O)OCc1ccccc1)C(=O)O.[2H][C@@](CCC)(NC(=O)OCc1ccccc1)C(O)C(=O)NC1CC1.[2H][C@](N)(CCC)C(O)C(=O)NC1CC1.[C-]#[N+]C1CC1. The fourth-order valence-corrected chi connectivity index (χ4v) is 7.69. The van der Waals surface area contributed by atoms with Gasteiger partial charge in [0.2, 0.25) is 6.04 Å². The van der Waals surface area contributed by atoms with Crippen LogP contribution in [0.2, 0.25) is 0 Å². The van der Waals surface area contributed by atoms with E-state index in [4.69, 9.17) is 48.1 Å². The second kappa shape index (κ2) is 55.9. The minimum Gasteiger partial charge on any atom is -0.480 e. The Balaban J connectivity index is 0.00000126. The number of nitrogens with two attached hydrogens (primary N) is 1. The molecular formula is C73H110ClN9O17. The van der Waals surface area contributed by atoms with E-state index in [2.05, 4.69) is 48.3 Å². The predicted molar refractivity (Wildman–Crippen MR) is 383 cm³/mol. The first-order valence-electron chi connectivity index (χ1n) is 35.3. The van der Waals surface area contributed by atoms with Crippen LogP contribution in [0.3, 0.4) is 0 Å². The van der Waals surface area contributed by atoms with Gasteiger partial charge in [0.05, 0.1) is 24.6 Å². The molecule has 3 saturated carbocycles. The van der Waals surface area contributed by atoms with Crippen molar-refractivity contribution in [3.8, 4) is 0 Å². The molecule has 0 spiro atoms. The van der Waals surface area contributed by atoms with Crippen molar-refractivity contribution >= 4 is 66.0 Å². The molecule has 27 heteroatoms. The van der Waals surface area contributed by atoms with Crippen LogP contribution in [0, 0.1) is 6.57 Å². The fourth-order valence-electron chi connectivity index (χ4n) is 7.69. The van der Waals surface area contributed by atoms with Crippen LogP contribution in [-0.2, 0) is 74.2 Å². The summed E-state index contributed by atoms with van der Waals surface area (Å²) in [6, 6.07) is 28.4. The van der Waals surface area contributed by atoms with Crippen molar-refractivity contribution in [3.63, 3.8) is 0 Å². The minimum atomic E-state index is -2.04. The lowest BCUT2D eigenvalue weighted by atomic mass is 10.1. The Labute approximate surface area is 602 Å². The van der Waals surface area contributed by atoms with E-state index in [9.17, 15) is 53.4 Å². The second-order valence-electron chi connectivity index (χ2n) is 22.2. The zero-order valence-electron chi connectivity index (χ0n) is 63.1. The molecule has 556 valence electrons. The molecule has 7 rings (SSSR count). The van der Waals surface area contributed by atoms with Crippen molar-refractivity contribution < 1.29 is 89.1 Å². The highest BCUT2D eigenvalue weighted by Crippen LogP contribution is 2.23. The number of ether oxygens (including phenoxy) is 4. The molecule has 2 unspecified atom stereocenters. The Morgan fingerprint density at radius 2 is 0.900 bits per heavy atom. The summed E-state index contributed by atoms with van der Waals surface area (Å²) >= 11 is 4.64. The Morgan fingerprint density at radius 1 is 0.560 bits per heavy atom. The van der Waals surface area contributed by atoms with Crippen molar-refractivity contribution in [2.75, 3.05) is 20.5 Å². The number of hydrogen-bond acceptors (Lipinski definition) is 17. The van der Waals surface area contributed by atoms with Crippen LogP contribution >= 0.6 is 11.6 Å². The summed E-state index contributed by atoms with van der Waals surface area (Å²) in [6.07, 6.45) is 5.20. The number of alkyl halides is 1. The number of alkyl carbamates (subject to hydrolysis) is 4. The molecule has 3 aliphatic rings. The van der Waals surface area contributed by atoms with Gasteiger partial charge in [-0.1, -0.05) is 195 Å². The summed E-state index contributed by atoms with van der Waals surface area (Å²) in [5, 5.41) is 43.8. The number of carbonyl (C=O) groups excluding carboxylic acids is 8. The number of hydroxylamine groups is 2. The number of rotatable bonds is 32. The van der Waals surface area contributed by atoms with Crippen LogP contribution in [0.4, 0.5) is 19.2 Å². The molecule has 0 radical (unpaired) electrons. The zero-order chi connectivity index (χ0) is 78.4. The smallest absolute Gasteiger partial charge is 0.408 e. The highest BCUT2D eigenvalue weighted by atomic mass is 35.5. The van der Waals surface area contributed by atoms with Crippen LogP contribution < -0.4 is 37.6 Å². The number of aldehydes is 1. The lowest BCUT2D eigenvalue weighted by Crippen LogP contribution is -2.51. The van der Waals surface area contributed by atoms with E-state index in [0.717, 1.165) is 65.8 Å². The van der Waals surface area contributed by atoms with Gasteiger partial charge >= 0.3 is 30.3 Å². The number of nitrogens with zero attached hydrogens (tertiary/aromatic N) is 2. The minimum absolute atomic E-state index is 0. The van der Waals surface area contributed by atoms with Gasteiger partial charge in [-0.15, -0.1) is 11.6 Å². The lowest BCUT2D eigenvalue weighted by molar-refractivity contribution is -0.171. The largest absolute Gasteiger partial charge is 0.480 e. The summed E-state index contributed by atoms with van der Waals surface area (Å²) in [5.41, 5.74) is 8.80. The maximum atomic E-state index is 12.1. The summed E-state index contributed by atoms with van der Waals surface area (Å²) in [5.74, 6) is -3.21. The van der Waals surface area contributed by atoms with Gasteiger partial charge < -0.3 is 81.5 Å². The van der Waals surface area contributed by atoms with Crippen LogP contribution in [0.5, 0.6) is 0 Å². The number of likely N-dealkylation sites (N-methyl/N-ethyl adjacent to an activating group) is 1. The number of carbonyl (C=O) groups is 9. The summed E-state index contributed by atoms with van der Waals surface area (Å²) in [7, 11) is 2.70. The van der Waals surface area contributed by atoms with Crippen LogP contribution in [0.1, 0.15) is 174 Å². The van der Waals surface area contributed by atoms with Crippen molar-refractivity contribution in [1.29, 1.82) is 0 Å².